The average Bonchev–Trinajstić information content (AvgIpc) is 2.56. The van der Waals surface area contributed by atoms with Gasteiger partial charge in [-0.3, -0.25) is 4.90 Å². The van der Waals surface area contributed by atoms with Crippen molar-refractivity contribution in [1.29, 1.82) is 0 Å². The van der Waals surface area contributed by atoms with Gasteiger partial charge in [0.15, 0.2) is 0 Å². The van der Waals surface area contributed by atoms with Crippen molar-refractivity contribution < 1.29 is 19.4 Å². The van der Waals surface area contributed by atoms with Crippen LogP contribution < -0.4 is 0 Å². The van der Waals surface area contributed by atoms with Gasteiger partial charge in [0.05, 0.1) is 7.11 Å². The fourth-order valence-electron chi connectivity index (χ4n) is 2.81. The highest BCUT2D eigenvalue weighted by Crippen LogP contribution is 2.32. The van der Waals surface area contributed by atoms with E-state index in [1.54, 1.807) is 29.2 Å². The molecule has 1 aliphatic heterocycles. The number of rotatable bonds is 5. The summed E-state index contributed by atoms with van der Waals surface area (Å²) in [5.41, 5.74) is 0.919. The third-order valence-corrected chi connectivity index (χ3v) is 4.27. The number of carboxylic acid groups (broad SMARTS) is 1. The molecule has 0 spiro atoms. The molecule has 1 heterocycles. The zero-order valence-electron chi connectivity index (χ0n) is 13.0. The molecule has 8 heteroatoms. The number of ether oxygens (including phenoxy) is 1. The highest BCUT2D eigenvalue weighted by Gasteiger charge is 2.35. The number of carbonyl (C=O) groups is 2. The molecular weight excluding hydrogens is 336 g/mol. The van der Waals surface area contributed by atoms with Crippen molar-refractivity contribution in [3.8, 4) is 0 Å². The van der Waals surface area contributed by atoms with E-state index >= 15 is 0 Å². The number of halogens is 1. The van der Waals surface area contributed by atoms with E-state index in [4.69, 9.17) is 21.4 Å². The van der Waals surface area contributed by atoms with Crippen molar-refractivity contribution in [2.75, 3.05) is 20.2 Å². The Labute approximate surface area is 143 Å². The Kier molecular flexibility index (Phi) is 6.05. The smallest absolute Gasteiger partial charge is 0.328 e. The monoisotopic (exact) mass is 352 g/mol. The summed E-state index contributed by atoms with van der Waals surface area (Å²) < 4.78 is 4.88. The Balaban J connectivity index is 2.37. The number of aliphatic carboxylic acids is 1. The molecule has 0 bridgehead atoms. The first-order valence-corrected chi connectivity index (χ1v) is 7.68. The molecule has 7 nitrogen and oxygen atoms in total. The average molecular weight is 353 g/mol. The number of methoxy groups -OCH3 is 1. The van der Waals surface area contributed by atoms with Gasteiger partial charge in [-0.25, -0.2) is 9.59 Å². The van der Waals surface area contributed by atoms with Crippen LogP contribution in [0.3, 0.4) is 0 Å². The van der Waals surface area contributed by atoms with E-state index in [2.05, 4.69) is 5.18 Å². The SMILES string of the molecule is COC(=O)[C@H](c1ccccc1Cl)N1CC[C@H](N=O)/C(=C\C(=O)O)C1. The Morgan fingerprint density at radius 1 is 1.46 bits per heavy atom. The Hall–Kier alpha value is -2.25. The first-order chi connectivity index (χ1) is 11.5. The third-order valence-electron chi connectivity index (χ3n) is 3.93. The second kappa shape index (κ2) is 8.03. The number of hydrogen-bond acceptors (Lipinski definition) is 6. The predicted molar refractivity (Wildman–Crippen MR) is 87.7 cm³/mol. The fourth-order valence-corrected chi connectivity index (χ4v) is 3.05. The van der Waals surface area contributed by atoms with E-state index in [0.29, 0.717) is 29.1 Å². The summed E-state index contributed by atoms with van der Waals surface area (Å²) in [6.07, 6.45) is 1.29. The molecule has 0 aliphatic carbocycles. The van der Waals surface area contributed by atoms with E-state index in [0.717, 1.165) is 6.08 Å². The van der Waals surface area contributed by atoms with Gasteiger partial charge >= 0.3 is 11.9 Å². The second-order valence-electron chi connectivity index (χ2n) is 5.39. The Bertz CT molecular complexity index is 676. The van der Waals surface area contributed by atoms with Crippen LogP contribution in [0.5, 0.6) is 0 Å². The van der Waals surface area contributed by atoms with E-state index in [9.17, 15) is 14.5 Å². The number of esters is 1. The maximum absolute atomic E-state index is 12.3. The molecule has 2 rings (SSSR count). The van der Waals surface area contributed by atoms with Gasteiger partial charge in [0.25, 0.3) is 0 Å². The molecule has 1 N–H and O–H groups in total. The van der Waals surface area contributed by atoms with Crippen LogP contribution in [0.2, 0.25) is 5.02 Å². The van der Waals surface area contributed by atoms with Gasteiger partial charge in [0.2, 0.25) is 0 Å². The van der Waals surface area contributed by atoms with E-state index in [-0.39, 0.29) is 6.54 Å². The van der Waals surface area contributed by atoms with Crippen LogP contribution in [0, 0.1) is 4.91 Å². The van der Waals surface area contributed by atoms with Gasteiger partial charge in [0, 0.05) is 24.2 Å². The molecular formula is C16H17ClN2O5. The van der Waals surface area contributed by atoms with Crippen LogP contribution in [-0.2, 0) is 14.3 Å². The number of benzene rings is 1. The zero-order chi connectivity index (χ0) is 17.7. The molecule has 0 unspecified atom stereocenters. The number of likely N-dealkylation sites (tertiary alicyclic amines) is 1. The van der Waals surface area contributed by atoms with Crippen molar-refractivity contribution in [3.05, 3.63) is 51.4 Å². The largest absolute Gasteiger partial charge is 0.478 e. The van der Waals surface area contributed by atoms with Crippen LogP contribution in [0.1, 0.15) is 18.0 Å². The van der Waals surface area contributed by atoms with Gasteiger partial charge in [-0.2, -0.15) is 4.91 Å². The molecule has 1 saturated heterocycles. The van der Waals surface area contributed by atoms with Crippen LogP contribution in [0.25, 0.3) is 0 Å². The van der Waals surface area contributed by atoms with E-state index in [1.807, 2.05) is 0 Å². The van der Waals surface area contributed by atoms with Crippen molar-refractivity contribution in [2.24, 2.45) is 5.18 Å². The highest BCUT2D eigenvalue weighted by molar-refractivity contribution is 6.31. The maximum Gasteiger partial charge on any atom is 0.328 e. The van der Waals surface area contributed by atoms with Crippen molar-refractivity contribution in [2.45, 2.75) is 18.5 Å². The van der Waals surface area contributed by atoms with E-state index < -0.39 is 24.0 Å². The first-order valence-electron chi connectivity index (χ1n) is 7.30. The quantitative estimate of drug-likeness (QED) is 0.496. The second-order valence-corrected chi connectivity index (χ2v) is 5.79. The molecule has 24 heavy (non-hydrogen) atoms. The number of hydrogen-bond donors (Lipinski definition) is 1. The lowest BCUT2D eigenvalue weighted by Crippen LogP contribution is -2.43. The standard InChI is InChI=1S/C16H17ClN2O5/c1-24-16(22)15(11-4-2-3-5-12(11)17)19-7-6-13(18-23)10(9-19)8-14(20)21/h2-5,8,13,15H,6-7,9H2,1H3,(H,20,21)/b10-8-/t13-,15-/m0/s1. The minimum atomic E-state index is -1.16. The summed E-state index contributed by atoms with van der Waals surface area (Å²) in [6, 6.07) is 5.40. The first kappa shape index (κ1) is 18.1. The zero-order valence-corrected chi connectivity index (χ0v) is 13.8. The predicted octanol–water partition coefficient (Wildman–Crippen LogP) is 2.41. The number of nitroso groups, excluding NO2 is 1. The molecule has 1 aliphatic rings. The number of piperidine rings is 1. The lowest BCUT2D eigenvalue weighted by atomic mass is 9.95. The third kappa shape index (κ3) is 3.98. The summed E-state index contributed by atoms with van der Waals surface area (Å²) in [4.78, 5) is 35.9. The van der Waals surface area contributed by atoms with Crippen molar-refractivity contribution in [1.82, 2.24) is 4.90 Å². The molecule has 0 aromatic heterocycles. The molecule has 128 valence electrons. The highest BCUT2D eigenvalue weighted by atomic mass is 35.5. The molecule has 1 aromatic rings. The maximum atomic E-state index is 12.3. The number of carboxylic acids is 1. The topological polar surface area (TPSA) is 96.3 Å². The van der Waals surface area contributed by atoms with Gasteiger partial charge in [-0.15, -0.1) is 0 Å². The normalized spacial score (nSPS) is 21.2. The summed E-state index contributed by atoms with van der Waals surface area (Å²) in [7, 11) is 1.28. The Morgan fingerprint density at radius 3 is 2.75 bits per heavy atom. The van der Waals surface area contributed by atoms with Gasteiger partial charge in [0.1, 0.15) is 12.1 Å². The molecule has 1 aromatic carbocycles. The minimum absolute atomic E-state index is 0.119. The summed E-state index contributed by atoms with van der Waals surface area (Å²) >= 11 is 6.20. The van der Waals surface area contributed by atoms with Gasteiger partial charge < -0.3 is 9.84 Å². The summed E-state index contributed by atoms with van der Waals surface area (Å²) in [6.45, 7) is 0.506. The Morgan fingerprint density at radius 2 is 2.17 bits per heavy atom. The van der Waals surface area contributed by atoms with Crippen molar-refractivity contribution in [3.63, 3.8) is 0 Å². The van der Waals surface area contributed by atoms with Gasteiger partial charge in [-0.1, -0.05) is 35.0 Å². The molecule has 0 saturated carbocycles. The van der Waals surface area contributed by atoms with Crippen LogP contribution in [-0.4, -0.2) is 48.2 Å². The minimum Gasteiger partial charge on any atom is -0.478 e. The molecule has 0 radical (unpaired) electrons. The van der Waals surface area contributed by atoms with E-state index in [1.165, 1.54) is 7.11 Å². The summed E-state index contributed by atoms with van der Waals surface area (Å²) in [5.74, 6) is -1.66. The number of carbonyl (C=O) groups excluding carboxylic acids is 1. The number of nitrogens with zero attached hydrogens (tertiary/aromatic N) is 2. The molecule has 2 atom stereocenters. The van der Waals surface area contributed by atoms with Crippen LogP contribution in [0.15, 0.2) is 41.1 Å². The van der Waals surface area contributed by atoms with Crippen LogP contribution in [0.4, 0.5) is 0 Å². The van der Waals surface area contributed by atoms with Crippen molar-refractivity contribution >= 4 is 23.5 Å². The summed E-state index contributed by atoms with van der Waals surface area (Å²) in [5, 5.41) is 12.4. The molecule has 1 fully saturated rings. The molecule has 0 amide bonds. The lowest BCUT2D eigenvalue weighted by Gasteiger charge is -2.36. The van der Waals surface area contributed by atoms with Crippen LogP contribution >= 0.6 is 11.6 Å². The van der Waals surface area contributed by atoms with Gasteiger partial charge in [-0.05, 0) is 23.6 Å². The lowest BCUT2D eigenvalue weighted by molar-refractivity contribution is -0.147. The fraction of sp³-hybridized carbons (Fsp3) is 0.375.